The van der Waals surface area contributed by atoms with Gasteiger partial charge in [0, 0.05) is 12.6 Å². The molecule has 138 valence electrons. The Morgan fingerprint density at radius 3 is 2.69 bits per heavy atom. The number of aromatic nitrogens is 3. The van der Waals surface area contributed by atoms with Gasteiger partial charge in [0.1, 0.15) is 11.9 Å². The zero-order valence-electron chi connectivity index (χ0n) is 15.0. The normalized spacial score (nSPS) is 20.3. The van der Waals surface area contributed by atoms with E-state index < -0.39 is 6.04 Å². The molecule has 2 unspecified atom stereocenters. The Balaban J connectivity index is 1.79. The van der Waals surface area contributed by atoms with Gasteiger partial charge in [-0.3, -0.25) is 9.59 Å². The number of nitrogens with one attached hydrogen (secondary N) is 1. The maximum absolute atomic E-state index is 13.0. The van der Waals surface area contributed by atoms with Crippen molar-refractivity contribution in [1.82, 2.24) is 25.2 Å². The van der Waals surface area contributed by atoms with Gasteiger partial charge in [0.15, 0.2) is 5.69 Å². The number of nitrogens with zero attached hydrogens (tertiary/aromatic N) is 4. The van der Waals surface area contributed by atoms with Gasteiger partial charge in [0.2, 0.25) is 5.91 Å². The average Bonchev–Trinajstić information content (AvgIpc) is 3.07. The maximum atomic E-state index is 13.0. The minimum Gasteiger partial charge on any atom is -0.350 e. The zero-order valence-corrected chi connectivity index (χ0v) is 15.0. The zero-order chi connectivity index (χ0) is 18.8. The van der Waals surface area contributed by atoms with Crippen molar-refractivity contribution in [3.63, 3.8) is 0 Å². The van der Waals surface area contributed by atoms with Gasteiger partial charge >= 0.3 is 0 Å². The Morgan fingerprint density at radius 1 is 1.35 bits per heavy atom. The van der Waals surface area contributed by atoms with Gasteiger partial charge in [-0.1, -0.05) is 19.1 Å². The number of rotatable bonds is 4. The molecule has 1 aromatic heterocycles. The Hall–Kier alpha value is -2.77. The first-order valence-electron chi connectivity index (χ1n) is 8.64. The van der Waals surface area contributed by atoms with E-state index in [4.69, 9.17) is 0 Å². The van der Waals surface area contributed by atoms with Crippen LogP contribution in [0.4, 0.5) is 4.39 Å². The molecule has 1 aliphatic heterocycles. The lowest BCUT2D eigenvalue weighted by Crippen LogP contribution is -2.60. The highest BCUT2D eigenvalue weighted by Gasteiger charge is 2.35. The summed E-state index contributed by atoms with van der Waals surface area (Å²) in [6.07, 6.45) is 2.29. The van der Waals surface area contributed by atoms with Gasteiger partial charge in [-0.15, -0.1) is 5.10 Å². The molecule has 0 bridgehead atoms. The van der Waals surface area contributed by atoms with Crippen LogP contribution in [0.15, 0.2) is 30.5 Å². The molecule has 0 spiro atoms. The van der Waals surface area contributed by atoms with Crippen LogP contribution in [0.1, 0.15) is 37.7 Å². The number of piperazine rings is 1. The second kappa shape index (κ2) is 7.23. The van der Waals surface area contributed by atoms with Crippen LogP contribution in [0.2, 0.25) is 0 Å². The molecule has 7 nitrogen and oxygen atoms in total. The van der Waals surface area contributed by atoms with E-state index in [0.29, 0.717) is 18.2 Å². The van der Waals surface area contributed by atoms with E-state index in [-0.39, 0.29) is 29.4 Å². The maximum Gasteiger partial charge on any atom is 0.276 e. The molecule has 26 heavy (non-hydrogen) atoms. The van der Waals surface area contributed by atoms with E-state index in [2.05, 4.69) is 29.5 Å². The van der Waals surface area contributed by atoms with Crippen molar-refractivity contribution in [3.05, 3.63) is 42.0 Å². The fraction of sp³-hybridized carbons (Fsp3) is 0.444. The third-order valence-electron chi connectivity index (χ3n) is 4.43. The van der Waals surface area contributed by atoms with E-state index in [1.807, 2.05) is 0 Å². The number of hydrogen-bond acceptors (Lipinski definition) is 4. The molecule has 1 aliphatic rings. The topological polar surface area (TPSA) is 80.1 Å². The Morgan fingerprint density at radius 2 is 2.04 bits per heavy atom. The molecule has 1 fully saturated rings. The summed E-state index contributed by atoms with van der Waals surface area (Å²) in [6.45, 7) is 6.28. The lowest BCUT2D eigenvalue weighted by Gasteiger charge is -2.38. The highest BCUT2D eigenvalue weighted by atomic mass is 19.1. The summed E-state index contributed by atoms with van der Waals surface area (Å²) in [7, 11) is 0. The largest absolute Gasteiger partial charge is 0.350 e. The summed E-state index contributed by atoms with van der Waals surface area (Å²) in [6, 6.07) is 5.08. The molecule has 1 aromatic carbocycles. The number of benzene rings is 1. The standard InChI is InChI=1S/C18H22FN5O2/c1-11(2)8-14-9-23(12(3)17(25)20-14)18(26)16-10-24(22-21-16)15-6-4-13(19)5-7-15/h4-7,10-12,14H,8-9H2,1-3H3,(H,20,25). The van der Waals surface area contributed by atoms with E-state index in [1.165, 1.54) is 27.9 Å². The molecule has 2 heterocycles. The predicted molar refractivity (Wildman–Crippen MR) is 93.2 cm³/mol. The molecule has 8 heteroatoms. The van der Waals surface area contributed by atoms with Crippen LogP contribution < -0.4 is 5.32 Å². The van der Waals surface area contributed by atoms with Crippen molar-refractivity contribution in [2.24, 2.45) is 5.92 Å². The van der Waals surface area contributed by atoms with Gasteiger partial charge in [0.05, 0.1) is 11.9 Å². The number of carbonyl (C=O) groups is 2. The summed E-state index contributed by atoms with van der Waals surface area (Å²) in [5, 5.41) is 10.8. The Bertz CT molecular complexity index is 802. The molecule has 0 radical (unpaired) electrons. The summed E-state index contributed by atoms with van der Waals surface area (Å²) in [5.41, 5.74) is 0.749. The quantitative estimate of drug-likeness (QED) is 0.902. The predicted octanol–water partition coefficient (Wildman–Crippen LogP) is 1.78. The third kappa shape index (κ3) is 3.74. The minimum atomic E-state index is -0.568. The van der Waals surface area contributed by atoms with Crippen LogP contribution in [-0.2, 0) is 4.79 Å². The van der Waals surface area contributed by atoms with E-state index in [0.717, 1.165) is 6.42 Å². The van der Waals surface area contributed by atoms with E-state index in [9.17, 15) is 14.0 Å². The second-order valence-corrected chi connectivity index (χ2v) is 6.99. The molecule has 1 saturated heterocycles. The highest BCUT2D eigenvalue weighted by Crippen LogP contribution is 2.17. The van der Waals surface area contributed by atoms with Crippen LogP contribution in [0.25, 0.3) is 5.69 Å². The fourth-order valence-electron chi connectivity index (χ4n) is 3.09. The first-order chi connectivity index (χ1) is 12.3. The molecule has 0 saturated carbocycles. The first-order valence-corrected chi connectivity index (χ1v) is 8.64. The first kappa shape index (κ1) is 18.0. The smallest absolute Gasteiger partial charge is 0.276 e. The van der Waals surface area contributed by atoms with Gasteiger partial charge in [0.25, 0.3) is 5.91 Å². The molecule has 1 N–H and O–H groups in total. The van der Waals surface area contributed by atoms with E-state index in [1.54, 1.807) is 19.1 Å². The summed E-state index contributed by atoms with van der Waals surface area (Å²) in [5.74, 6) is -0.449. The van der Waals surface area contributed by atoms with Crippen LogP contribution >= 0.6 is 0 Å². The van der Waals surface area contributed by atoms with Crippen molar-refractivity contribution >= 4 is 11.8 Å². The number of carbonyl (C=O) groups excluding carboxylic acids is 2. The lowest BCUT2D eigenvalue weighted by atomic mass is 9.99. The minimum absolute atomic E-state index is 0.0743. The van der Waals surface area contributed by atoms with Gasteiger partial charge in [-0.25, -0.2) is 9.07 Å². The Labute approximate surface area is 151 Å². The summed E-state index contributed by atoms with van der Waals surface area (Å²) >= 11 is 0. The van der Waals surface area contributed by atoms with Crippen molar-refractivity contribution in [2.45, 2.75) is 39.3 Å². The highest BCUT2D eigenvalue weighted by molar-refractivity contribution is 5.96. The monoisotopic (exact) mass is 359 g/mol. The van der Waals surface area contributed by atoms with Gasteiger partial charge in [-0.05, 0) is 43.5 Å². The SMILES string of the molecule is CC(C)CC1CN(C(=O)c2cn(-c3ccc(F)cc3)nn2)C(C)C(=O)N1. The molecule has 3 rings (SSSR count). The molecule has 2 atom stereocenters. The van der Waals surface area contributed by atoms with Crippen LogP contribution in [0, 0.1) is 11.7 Å². The van der Waals surface area contributed by atoms with Crippen molar-refractivity contribution in [3.8, 4) is 5.69 Å². The number of hydrogen-bond donors (Lipinski definition) is 1. The summed E-state index contributed by atoms with van der Waals surface area (Å²) in [4.78, 5) is 26.6. The molecular formula is C18H22FN5O2. The van der Waals surface area contributed by atoms with Crippen LogP contribution in [0.5, 0.6) is 0 Å². The summed E-state index contributed by atoms with van der Waals surface area (Å²) < 4.78 is 14.5. The molecule has 0 aliphatic carbocycles. The van der Waals surface area contributed by atoms with Crippen molar-refractivity contribution in [1.29, 1.82) is 0 Å². The van der Waals surface area contributed by atoms with Crippen LogP contribution in [0.3, 0.4) is 0 Å². The van der Waals surface area contributed by atoms with Crippen molar-refractivity contribution in [2.75, 3.05) is 6.54 Å². The lowest BCUT2D eigenvalue weighted by molar-refractivity contribution is -0.128. The van der Waals surface area contributed by atoms with Gasteiger partial charge in [-0.2, -0.15) is 0 Å². The molecular weight excluding hydrogens is 337 g/mol. The Kier molecular flexibility index (Phi) is 5.01. The average molecular weight is 359 g/mol. The number of halogens is 1. The molecule has 2 aromatic rings. The second-order valence-electron chi connectivity index (χ2n) is 6.99. The van der Waals surface area contributed by atoms with Gasteiger partial charge < -0.3 is 10.2 Å². The molecule has 2 amide bonds. The third-order valence-corrected chi connectivity index (χ3v) is 4.43. The fourth-order valence-corrected chi connectivity index (χ4v) is 3.09. The van der Waals surface area contributed by atoms with E-state index >= 15 is 0 Å². The van der Waals surface area contributed by atoms with Crippen LogP contribution in [-0.4, -0.2) is 50.3 Å². The van der Waals surface area contributed by atoms with Crippen molar-refractivity contribution < 1.29 is 14.0 Å². The number of amides is 2.